The zero-order valence-corrected chi connectivity index (χ0v) is 14.2. The van der Waals surface area contributed by atoms with E-state index >= 15 is 0 Å². The molecular formula is C16H28N2O2S. The highest BCUT2D eigenvalue weighted by Crippen LogP contribution is 2.25. The van der Waals surface area contributed by atoms with Crippen molar-refractivity contribution in [1.29, 1.82) is 0 Å². The van der Waals surface area contributed by atoms with Crippen molar-refractivity contribution in [2.24, 2.45) is 5.92 Å². The number of aliphatic hydroxyl groups is 1. The Morgan fingerprint density at radius 1 is 1.43 bits per heavy atom. The monoisotopic (exact) mass is 312 g/mol. The molecule has 1 aromatic heterocycles. The van der Waals surface area contributed by atoms with E-state index in [2.05, 4.69) is 31.1 Å². The second kappa shape index (κ2) is 8.22. The van der Waals surface area contributed by atoms with E-state index in [9.17, 15) is 5.11 Å². The van der Waals surface area contributed by atoms with Gasteiger partial charge in [0.2, 0.25) is 0 Å². The molecule has 1 fully saturated rings. The van der Waals surface area contributed by atoms with E-state index in [1.54, 1.807) is 11.3 Å². The molecule has 5 heteroatoms. The van der Waals surface area contributed by atoms with Crippen LogP contribution in [-0.4, -0.2) is 35.5 Å². The number of aromatic nitrogens is 1. The first-order valence-corrected chi connectivity index (χ1v) is 8.81. The Kier molecular flexibility index (Phi) is 6.61. The van der Waals surface area contributed by atoms with Gasteiger partial charge >= 0.3 is 0 Å². The van der Waals surface area contributed by atoms with Gasteiger partial charge in [0.15, 0.2) is 0 Å². The number of hydrogen-bond acceptors (Lipinski definition) is 5. The molecule has 0 radical (unpaired) electrons. The van der Waals surface area contributed by atoms with Crippen molar-refractivity contribution in [3.05, 3.63) is 16.1 Å². The summed E-state index contributed by atoms with van der Waals surface area (Å²) in [5, 5.41) is 14.4. The van der Waals surface area contributed by atoms with Gasteiger partial charge in [0.1, 0.15) is 5.01 Å². The topological polar surface area (TPSA) is 54.4 Å². The Hall–Kier alpha value is -0.490. The third kappa shape index (κ3) is 5.66. The Balaban J connectivity index is 1.62. The first-order chi connectivity index (χ1) is 10.0. The fourth-order valence-electron chi connectivity index (χ4n) is 2.67. The summed E-state index contributed by atoms with van der Waals surface area (Å²) in [4.78, 5) is 5.58. The molecular weight excluding hydrogens is 284 g/mol. The summed E-state index contributed by atoms with van der Waals surface area (Å²) in [6.45, 7) is 7.41. The molecule has 0 aliphatic heterocycles. The zero-order chi connectivity index (χ0) is 15.2. The third-order valence-electron chi connectivity index (χ3n) is 4.16. The lowest BCUT2D eigenvalue weighted by Crippen LogP contribution is -2.34. The summed E-state index contributed by atoms with van der Waals surface area (Å²) < 4.78 is 5.83. The molecule has 0 amide bonds. The average Bonchev–Trinajstić information content (AvgIpc) is 2.91. The summed E-state index contributed by atoms with van der Waals surface area (Å²) >= 11 is 1.70. The van der Waals surface area contributed by atoms with Crippen molar-refractivity contribution in [3.63, 3.8) is 0 Å². The maximum Gasteiger partial charge on any atom is 0.109 e. The van der Waals surface area contributed by atoms with Gasteiger partial charge in [0.25, 0.3) is 0 Å². The molecule has 1 saturated carbocycles. The number of rotatable bonds is 7. The molecule has 120 valence electrons. The van der Waals surface area contributed by atoms with Crippen molar-refractivity contribution >= 4 is 11.3 Å². The van der Waals surface area contributed by atoms with Gasteiger partial charge in [-0.15, -0.1) is 11.3 Å². The van der Waals surface area contributed by atoms with Gasteiger partial charge < -0.3 is 15.2 Å². The number of ether oxygens (including phenoxy) is 1. The molecule has 1 aromatic rings. The summed E-state index contributed by atoms with van der Waals surface area (Å²) in [5.41, 5.74) is 0. The maximum atomic E-state index is 10.0. The van der Waals surface area contributed by atoms with Crippen LogP contribution in [0.25, 0.3) is 0 Å². The van der Waals surface area contributed by atoms with Crippen LogP contribution in [-0.2, 0) is 4.74 Å². The number of nitrogens with one attached hydrogen (secondary N) is 1. The van der Waals surface area contributed by atoms with E-state index in [0.29, 0.717) is 19.3 Å². The highest BCUT2D eigenvalue weighted by atomic mass is 32.1. The minimum absolute atomic E-state index is 0.175. The number of thiazole rings is 1. The third-order valence-corrected chi connectivity index (χ3v) is 5.25. The summed E-state index contributed by atoms with van der Waals surface area (Å²) in [6.07, 6.45) is 6.55. The van der Waals surface area contributed by atoms with Crippen LogP contribution in [0.1, 0.15) is 55.5 Å². The second-order valence-electron chi connectivity index (χ2n) is 6.31. The lowest BCUT2D eigenvalue weighted by atomic mass is 9.89. The van der Waals surface area contributed by atoms with Crippen molar-refractivity contribution in [2.45, 2.75) is 64.7 Å². The predicted octanol–water partition coefficient (Wildman–Crippen LogP) is 3.06. The smallest absolute Gasteiger partial charge is 0.109 e. The van der Waals surface area contributed by atoms with E-state index < -0.39 is 6.10 Å². The Labute approximate surface area is 131 Å². The van der Waals surface area contributed by atoms with Crippen LogP contribution in [0.4, 0.5) is 0 Å². The number of nitrogens with zero attached hydrogens (tertiary/aromatic N) is 1. The summed E-state index contributed by atoms with van der Waals surface area (Å²) in [7, 11) is 0. The van der Waals surface area contributed by atoms with Crippen LogP contribution in [0.2, 0.25) is 0 Å². The van der Waals surface area contributed by atoms with Crippen LogP contribution < -0.4 is 5.32 Å². The van der Waals surface area contributed by atoms with E-state index in [0.717, 1.165) is 23.8 Å². The minimum Gasteiger partial charge on any atom is -0.389 e. The fourth-order valence-corrected chi connectivity index (χ4v) is 3.48. The van der Waals surface area contributed by atoms with E-state index in [4.69, 9.17) is 4.74 Å². The Morgan fingerprint density at radius 2 is 2.14 bits per heavy atom. The molecule has 2 N–H and O–H groups in total. The molecule has 4 nitrogen and oxygen atoms in total. The van der Waals surface area contributed by atoms with Crippen molar-refractivity contribution in [1.82, 2.24) is 10.3 Å². The Bertz CT molecular complexity index is 416. The molecule has 21 heavy (non-hydrogen) atoms. The van der Waals surface area contributed by atoms with Crippen molar-refractivity contribution < 1.29 is 9.84 Å². The molecule has 0 saturated heterocycles. The number of aryl methyl sites for hydroxylation is 1. The van der Waals surface area contributed by atoms with Gasteiger partial charge in [-0.05, 0) is 45.4 Å². The predicted molar refractivity (Wildman–Crippen MR) is 86.6 cm³/mol. The summed E-state index contributed by atoms with van der Waals surface area (Å²) in [6, 6.07) is 0.175. The molecule has 0 bridgehead atoms. The molecule has 0 spiro atoms. The molecule has 1 aliphatic carbocycles. The average molecular weight is 312 g/mol. The van der Waals surface area contributed by atoms with Gasteiger partial charge in [-0.25, -0.2) is 4.98 Å². The maximum absolute atomic E-state index is 10.0. The fraction of sp³-hybridized carbons (Fsp3) is 0.812. The van der Waals surface area contributed by atoms with E-state index in [1.807, 2.05) is 6.20 Å². The Morgan fingerprint density at radius 3 is 2.76 bits per heavy atom. The van der Waals surface area contributed by atoms with Gasteiger partial charge in [0.05, 0.1) is 24.9 Å². The highest BCUT2D eigenvalue weighted by molar-refractivity contribution is 7.11. The highest BCUT2D eigenvalue weighted by Gasteiger charge is 2.20. The van der Waals surface area contributed by atoms with E-state index in [-0.39, 0.29) is 6.04 Å². The van der Waals surface area contributed by atoms with Gasteiger partial charge in [0, 0.05) is 17.6 Å². The van der Waals surface area contributed by atoms with E-state index in [1.165, 1.54) is 17.7 Å². The SMILES string of the molecule is Cc1cnc(C(C)NCC(O)COC2CCC(C)CC2)s1. The molecule has 2 rings (SSSR count). The van der Waals surface area contributed by atoms with Crippen LogP contribution >= 0.6 is 11.3 Å². The lowest BCUT2D eigenvalue weighted by molar-refractivity contribution is -0.0283. The molecule has 2 unspecified atom stereocenters. The first kappa shape index (κ1) is 16.9. The van der Waals surface area contributed by atoms with Crippen LogP contribution in [0.5, 0.6) is 0 Å². The summed E-state index contributed by atoms with van der Waals surface area (Å²) in [5.74, 6) is 0.832. The van der Waals surface area contributed by atoms with Crippen molar-refractivity contribution in [2.75, 3.05) is 13.2 Å². The number of aliphatic hydroxyl groups excluding tert-OH is 1. The van der Waals surface area contributed by atoms with Gasteiger partial charge in [-0.2, -0.15) is 0 Å². The number of hydrogen-bond donors (Lipinski definition) is 2. The van der Waals surface area contributed by atoms with Crippen LogP contribution in [0.3, 0.4) is 0 Å². The molecule has 1 heterocycles. The minimum atomic E-state index is -0.451. The second-order valence-corrected chi connectivity index (χ2v) is 7.57. The molecule has 2 atom stereocenters. The normalized spacial score (nSPS) is 25.7. The molecule has 1 aliphatic rings. The zero-order valence-electron chi connectivity index (χ0n) is 13.3. The van der Waals surface area contributed by atoms with Gasteiger partial charge in [-0.1, -0.05) is 6.92 Å². The lowest BCUT2D eigenvalue weighted by Gasteiger charge is -2.27. The first-order valence-electron chi connectivity index (χ1n) is 8.00. The standard InChI is InChI=1S/C16H28N2O2S/c1-11-4-6-15(7-5-11)20-10-14(19)9-17-13(3)16-18-8-12(2)21-16/h8,11,13-15,17,19H,4-7,9-10H2,1-3H3. The quantitative estimate of drug-likeness (QED) is 0.812. The van der Waals surface area contributed by atoms with Gasteiger partial charge in [-0.3, -0.25) is 0 Å². The van der Waals surface area contributed by atoms with Crippen LogP contribution in [0, 0.1) is 12.8 Å². The molecule has 0 aromatic carbocycles. The van der Waals surface area contributed by atoms with Crippen LogP contribution in [0.15, 0.2) is 6.20 Å². The van der Waals surface area contributed by atoms with Crippen molar-refractivity contribution in [3.8, 4) is 0 Å². The largest absolute Gasteiger partial charge is 0.389 e.